The maximum Gasteiger partial charge on any atom is 0.151 e. The Morgan fingerprint density at radius 1 is 1.05 bits per heavy atom. The average Bonchev–Trinajstić information content (AvgIpc) is 2.43. The lowest BCUT2D eigenvalue weighted by molar-refractivity contribution is 0.276. The third kappa shape index (κ3) is 3.40. The Morgan fingerprint density at radius 2 is 1.74 bits per heavy atom. The molecule has 0 heterocycles. The van der Waals surface area contributed by atoms with Crippen LogP contribution in [0.3, 0.4) is 0 Å². The lowest BCUT2D eigenvalue weighted by Gasteiger charge is -2.12. The first-order valence-electron chi connectivity index (χ1n) is 6.03. The summed E-state index contributed by atoms with van der Waals surface area (Å²) < 4.78 is 11.1. The summed E-state index contributed by atoms with van der Waals surface area (Å²) in [6, 6.07) is 12.5. The molecule has 0 fully saturated rings. The van der Waals surface area contributed by atoms with Crippen molar-refractivity contribution < 1.29 is 14.6 Å². The lowest BCUT2D eigenvalue weighted by atomic mass is 10.2. The maximum absolute atomic E-state index is 9.28. The van der Waals surface area contributed by atoms with Gasteiger partial charge in [-0.25, -0.2) is 0 Å². The van der Waals surface area contributed by atoms with Gasteiger partial charge < -0.3 is 14.6 Å². The molecule has 0 aliphatic carbocycles. The number of halogens is 1. The quantitative estimate of drug-likeness (QED) is 0.898. The zero-order valence-electron chi connectivity index (χ0n) is 10.6. The zero-order valence-corrected chi connectivity index (χ0v) is 11.4. The normalized spacial score (nSPS) is 10.3. The second-order valence-electron chi connectivity index (χ2n) is 3.89. The number of aliphatic hydroxyl groups is 1. The van der Waals surface area contributed by atoms with Crippen molar-refractivity contribution in [1.82, 2.24) is 0 Å². The van der Waals surface area contributed by atoms with Crippen molar-refractivity contribution in [3.05, 3.63) is 53.1 Å². The SMILES string of the molecule is CCOc1ccc(Oc2c(Cl)cccc2CO)cc1. The number of aliphatic hydroxyl groups excluding tert-OH is 1. The predicted octanol–water partition coefficient (Wildman–Crippen LogP) is 4.02. The fourth-order valence-electron chi connectivity index (χ4n) is 1.68. The van der Waals surface area contributed by atoms with E-state index >= 15 is 0 Å². The van der Waals surface area contributed by atoms with Gasteiger partial charge >= 0.3 is 0 Å². The molecule has 100 valence electrons. The van der Waals surface area contributed by atoms with Gasteiger partial charge in [0.1, 0.15) is 11.5 Å². The fourth-order valence-corrected chi connectivity index (χ4v) is 1.91. The minimum atomic E-state index is -0.118. The molecule has 4 heteroatoms. The summed E-state index contributed by atoms with van der Waals surface area (Å²) in [4.78, 5) is 0. The van der Waals surface area contributed by atoms with Crippen molar-refractivity contribution in [3.63, 3.8) is 0 Å². The predicted molar refractivity (Wildman–Crippen MR) is 75.1 cm³/mol. The molecular formula is C15H15ClO3. The number of rotatable bonds is 5. The van der Waals surface area contributed by atoms with Crippen LogP contribution in [0, 0.1) is 0 Å². The van der Waals surface area contributed by atoms with Crippen LogP contribution in [0.2, 0.25) is 5.02 Å². The van der Waals surface area contributed by atoms with Gasteiger partial charge in [-0.1, -0.05) is 23.7 Å². The Morgan fingerprint density at radius 3 is 2.37 bits per heavy atom. The van der Waals surface area contributed by atoms with Gasteiger partial charge in [0.05, 0.1) is 18.2 Å². The molecule has 3 nitrogen and oxygen atoms in total. The highest BCUT2D eigenvalue weighted by atomic mass is 35.5. The van der Waals surface area contributed by atoms with Gasteiger partial charge in [-0.15, -0.1) is 0 Å². The Kier molecular flexibility index (Phi) is 4.66. The third-order valence-corrected chi connectivity index (χ3v) is 2.87. The van der Waals surface area contributed by atoms with E-state index in [1.165, 1.54) is 0 Å². The Hall–Kier alpha value is -1.71. The molecule has 0 saturated heterocycles. The highest BCUT2D eigenvalue weighted by Crippen LogP contribution is 2.33. The van der Waals surface area contributed by atoms with Crippen molar-refractivity contribution >= 4 is 11.6 Å². The largest absolute Gasteiger partial charge is 0.494 e. The summed E-state index contributed by atoms with van der Waals surface area (Å²) in [5.41, 5.74) is 0.654. The number of hydrogen-bond acceptors (Lipinski definition) is 3. The molecule has 0 bridgehead atoms. The first kappa shape index (κ1) is 13.7. The van der Waals surface area contributed by atoms with Crippen LogP contribution in [-0.4, -0.2) is 11.7 Å². The molecule has 1 N–H and O–H groups in total. The van der Waals surface area contributed by atoms with Crippen LogP contribution in [0.5, 0.6) is 17.2 Å². The molecule has 2 rings (SSSR count). The Bertz CT molecular complexity index is 538. The van der Waals surface area contributed by atoms with Crippen molar-refractivity contribution in [2.45, 2.75) is 13.5 Å². The highest BCUT2D eigenvalue weighted by Gasteiger charge is 2.08. The number of para-hydroxylation sites is 1. The molecule has 2 aromatic carbocycles. The van der Waals surface area contributed by atoms with E-state index in [2.05, 4.69) is 0 Å². The zero-order chi connectivity index (χ0) is 13.7. The van der Waals surface area contributed by atoms with Crippen LogP contribution in [0.25, 0.3) is 0 Å². The smallest absolute Gasteiger partial charge is 0.151 e. The number of hydrogen-bond donors (Lipinski definition) is 1. The molecule has 0 aromatic heterocycles. The Balaban J connectivity index is 2.21. The van der Waals surface area contributed by atoms with Crippen LogP contribution in [0.15, 0.2) is 42.5 Å². The van der Waals surface area contributed by atoms with Crippen LogP contribution in [0.4, 0.5) is 0 Å². The molecule has 0 radical (unpaired) electrons. The number of benzene rings is 2. The van der Waals surface area contributed by atoms with E-state index in [9.17, 15) is 5.11 Å². The summed E-state index contributed by atoms with van der Waals surface area (Å²) in [5, 5.41) is 9.75. The monoisotopic (exact) mass is 278 g/mol. The van der Waals surface area contributed by atoms with Crippen LogP contribution < -0.4 is 9.47 Å². The lowest BCUT2D eigenvalue weighted by Crippen LogP contribution is -1.94. The van der Waals surface area contributed by atoms with Gasteiger partial charge in [0.15, 0.2) is 5.75 Å². The van der Waals surface area contributed by atoms with E-state index < -0.39 is 0 Å². The first-order chi connectivity index (χ1) is 9.24. The molecule has 0 atom stereocenters. The molecule has 2 aromatic rings. The minimum absolute atomic E-state index is 0.118. The van der Waals surface area contributed by atoms with E-state index in [0.29, 0.717) is 28.7 Å². The molecule has 0 saturated carbocycles. The van der Waals surface area contributed by atoms with Gasteiger partial charge in [-0.3, -0.25) is 0 Å². The van der Waals surface area contributed by atoms with Crippen molar-refractivity contribution in [3.8, 4) is 17.2 Å². The van der Waals surface area contributed by atoms with Gasteiger partial charge in [-0.2, -0.15) is 0 Å². The van der Waals surface area contributed by atoms with E-state index in [-0.39, 0.29) is 6.61 Å². The van der Waals surface area contributed by atoms with E-state index in [1.54, 1.807) is 30.3 Å². The van der Waals surface area contributed by atoms with Gasteiger partial charge in [-0.05, 0) is 37.3 Å². The standard InChI is InChI=1S/C15H15ClO3/c1-2-18-12-6-8-13(9-7-12)19-15-11(10-17)4-3-5-14(15)16/h3-9,17H,2,10H2,1H3. The molecule has 0 aliphatic heterocycles. The number of ether oxygens (including phenoxy) is 2. The van der Waals surface area contributed by atoms with E-state index in [4.69, 9.17) is 21.1 Å². The molecular weight excluding hydrogens is 264 g/mol. The summed E-state index contributed by atoms with van der Waals surface area (Å²) in [7, 11) is 0. The van der Waals surface area contributed by atoms with E-state index in [1.807, 2.05) is 19.1 Å². The average molecular weight is 279 g/mol. The van der Waals surface area contributed by atoms with Gasteiger partial charge in [0.2, 0.25) is 0 Å². The second-order valence-corrected chi connectivity index (χ2v) is 4.30. The van der Waals surface area contributed by atoms with Crippen molar-refractivity contribution in [2.75, 3.05) is 6.61 Å². The second kappa shape index (κ2) is 6.45. The molecule has 19 heavy (non-hydrogen) atoms. The molecule has 0 aliphatic rings. The molecule has 0 amide bonds. The van der Waals surface area contributed by atoms with Gasteiger partial charge in [0, 0.05) is 5.56 Å². The molecule has 0 spiro atoms. The summed E-state index contributed by atoms with van der Waals surface area (Å²) >= 11 is 6.08. The van der Waals surface area contributed by atoms with Crippen molar-refractivity contribution in [1.29, 1.82) is 0 Å². The third-order valence-electron chi connectivity index (χ3n) is 2.57. The van der Waals surface area contributed by atoms with E-state index in [0.717, 1.165) is 5.75 Å². The van der Waals surface area contributed by atoms with Crippen LogP contribution >= 0.6 is 11.6 Å². The summed E-state index contributed by atoms with van der Waals surface area (Å²) in [6.07, 6.45) is 0. The van der Waals surface area contributed by atoms with Crippen molar-refractivity contribution in [2.24, 2.45) is 0 Å². The maximum atomic E-state index is 9.28. The first-order valence-corrected chi connectivity index (χ1v) is 6.41. The molecule has 0 unspecified atom stereocenters. The summed E-state index contributed by atoms with van der Waals surface area (Å²) in [5.74, 6) is 1.92. The van der Waals surface area contributed by atoms with Crippen LogP contribution in [-0.2, 0) is 6.61 Å². The summed E-state index contributed by atoms with van der Waals surface area (Å²) in [6.45, 7) is 2.44. The van der Waals surface area contributed by atoms with Crippen LogP contribution in [0.1, 0.15) is 12.5 Å². The Labute approximate surface area is 117 Å². The minimum Gasteiger partial charge on any atom is -0.494 e. The highest BCUT2D eigenvalue weighted by molar-refractivity contribution is 6.32. The topological polar surface area (TPSA) is 38.7 Å². The van der Waals surface area contributed by atoms with Gasteiger partial charge in [0.25, 0.3) is 0 Å². The fraction of sp³-hybridized carbons (Fsp3) is 0.200.